The van der Waals surface area contributed by atoms with E-state index < -0.39 is 0 Å². The minimum Gasteiger partial charge on any atom is -0.395 e. The van der Waals surface area contributed by atoms with Crippen molar-refractivity contribution in [3.05, 3.63) is 0 Å². The lowest BCUT2D eigenvalue weighted by Gasteiger charge is -2.25. The average Bonchev–Trinajstić information content (AvgIpc) is 1.63. The zero-order valence-corrected chi connectivity index (χ0v) is 5.58. The normalized spacial score (nSPS) is 20.6. The van der Waals surface area contributed by atoms with Crippen LogP contribution in [0.25, 0.3) is 0 Å². The first kappa shape index (κ1) is 6.39. The summed E-state index contributed by atoms with van der Waals surface area (Å²) in [6, 6.07) is 0.687. The molecule has 1 heterocycles. The maximum absolute atomic E-state index is 8.37. The van der Waals surface area contributed by atoms with Crippen molar-refractivity contribution < 1.29 is 5.11 Å². The Hall–Kier alpha value is 0.270. The van der Waals surface area contributed by atoms with Crippen molar-refractivity contribution >= 4 is 11.8 Å². The molecule has 0 atom stereocenters. The van der Waals surface area contributed by atoms with Crippen molar-refractivity contribution in [2.75, 3.05) is 24.7 Å². The summed E-state index contributed by atoms with van der Waals surface area (Å²) in [5.41, 5.74) is 0. The van der Waals surface area contributed by atoms with Gasteiger partial charge in [-0.15, -0.1) is 0 Å². The molecule has 0 saturated carbocycles. The molecule has 1 saturated heterocycles. The van der Waals surface area contributed by atoms with E-state index in [-0.39, 0.29) is 6.61 Å². The van der Waals surface area contributed by atoms with Gasteiger partial charge < -0.3 is 10.4 Å². The molecule has 1 rings (SSSR count). The smallest absolute Gasteiger partial charge is 0.0556 e. The highest BCUT2D eigenvalue weighted by Gasteiger charge is 2.15. The maximum Gasteiger partial charge on any atom is 0.0556 e. The summed E-state index contributed by atoms with van der Waals surface area (Å²) in [7, 11) is 0. The van der Waals surface area contributed by atoms with E-state index in [1.54, 1.807) is 0 Å². The van der Waals surface area contributed by atoms with E-state index in [1.165, 1.54) is 11.5 Å². The van der Waals surface area contributed by atoms with Gasteiger partial charge in [-0.3, -0.25) is 0 Å². The minimum absolute atomic E-state index is 0.265. The molecule has 0 aromatic carbocycles. The molecule has 48 valence electrons. The summed E-state index contributed by atoms with van der Waals surface area (Å²) in [4.78, 5) is 0. The largest absolute Gasteiger partial charge is 0.395 e. The second-order valence-electron chi connectivity index (χ2n) is 1.91. The van der Waals surface area contributed by atoms with Crippen LogP contribution in [0.3, 0.4) is 0 Å². The summed E-state index contributed by atoms with van der Waals surface area (Å²) >= 11 is 1.95. The number of aliphatic hydroxyl groups is 1. The van der Waals surface area contributed by atoms with E-state index in [0.29, 0.717) is 6.04 Å². The molecule has 0 bridgehead atoms. The van der Waals surface area contributed by atoms with Gasteiger partial charge in [0.1, 0.15) is 0 Å². The Morgan fingerprint density at radius 3 is 2.75 bits per heavy atom. The molecule has 0 amide bonds. The average molecular weight is 133 g/mol. The third-order valence-electron chi connectivity index (χ3n) is 1.18. The van der Waals surface area contributed by atoms with Crippen molar-refractivity contribution in [3.8, 4) is 0 Å². The highest BCUT2D eigenvalue weighted by atomic mass is 32.2. The van der Waals surface area contributed by atoms with Crippen LogP contribution in [0.4, 0.5) is 0 Å². The second-order valence-corrected chi connectivity index (χ2v) is 2.99. The van der Waals surface area contributed by atoms with E-state index in [2.05, 4.69) is 5.32 Å². The number of nitrogens with one attached hydrogen (secondary N) is 1. The van der Waals surface area contributed by atoms with Crippen LogP contribution in [-0.2, 0) is 0 Å². The van der Waals surface area contributed by atoms with Crippen molar-refractivity contribution in [3.63, 3.8) is 0 Å². The van der Waals surface area contributed by atoms with E-state index >= 15 is 0 Å². The predicted molar refractivity (Wildman–Crippen MR) is 36.2 cm³/mol. The fourth-order valence-electron chi connectivity index (χ4n) is 0.622. The Kier molecular flexibility index (Phi) is 2.66. The summed E-state index contributed by atoms with van der Waals surface area (Å²) in [6.07, 6.45) is 0. The standard InChI is InChI=1S/C5H11NOS/c7-2-1-6-5-3-8-4-5/h5-7H,1-4H2. The summed E-state index contributed by atoms with van der Waals surface area (Å²) in [6.45, 7) is 1.02. The van der Waals surface area contributed by atoms with Crippen molar-refractivity contribution in [1.82, 2.24) is 5.32 Å². The highest BCUT2D eigenvalue weighted by Crippen LogP contribution is 2.16. The lowest BCUT2D eigenvalue weighted by Crippen LogP contribution is -2.41. The monoisotopic (exact) mass is 133 g/mol. The molecule has 1 fully saturated rings. The Labute approximate surface area is 53.7 Å². The molecule has 8 heavy (non-hydrogen) atoms. The molecule has 2 nitrogen and oxygen atoms in total. The molecule has 2 N–H and O–H groups in total. The molecule has 1 aliphatic heterocycles. The second kappa shape index (κ2) is 3.33. The van der Waals surface area contributed by atoms with Gasteiger partial charge in [0.2, 0.25) is 0 Å². The van der Waals surface area contributed by atoms with Crippen LogP contribution in [0.2, 0.25) is 0 Å². The summed E-state index contributed by atoms with van der Waals surface area (Å²) in [5.74, 6) is 2.44. The lowest BCUT2D eigenvalue weighted by atomic mass is 10.4. The Bertz CT molecular complexity index is 65.4. The fourth-order valence-corrected chi connectivity index (χ4v) is 1.33. The predicted octanol–water partition coefficient (Wildman–Crippen LogP) is -0.316. The van der Waals surface area contributed by atoms with Gasteiger partial charge in [0, 0.05) is 24.1 Å². The first-order chi connectivity index (χ1) is 3.93. The molecule has 0 aliphatic carbocycles. The van der Waals surface area contributed by atoms with Crippen LogP contribution >= 0.6 is 11.8 Å². The van der Waals surface area contributed by atoms with Gasteiger partial charge in [-0.05, 0) is 0 Å². The summed E-state index contributed by atoms with van der Waals surface area (Å²) in [5, 5.41) is 11.6. The number of thioether (sulfide) groups is 1. The molecular formula is C5H11NOS. The van der Waals surface area contributed by atoms with Gasteiger partial charge >= 0.3 is 0 Å². The topological polar surface area (TPSA) is 32.3 Å². The SMILES string of the molecule is OCCNC1CSC1. The van der Waals surface area contributed by atoms with Gasteiger partial charge in [0.25, 0.3) is 0 Å². The molecular weight excluding hydrogens is 122 g/mol. The number of hydrogen-bond acceptors (Lipinski definition) is 3. The molecule has 0 aromatic rings. The van der Waals surface area contributed by atoms with E-state index in [4.69, 9.17) is 5.11 Å². The van der Waals surface area contributed by atoms with Gasteiger partial charge in [-0.1, -0.05) is 0 Å². The third-order valence-corrected chi connectivity index (χ3v) is 2.46. The molecule has 0 spiro atoms. The van der Waals surface area contributed by atoms with Crippen LogP contribution in [-0.4, -0.2) is 35.8 Å². The zero-order chi connectivity index (χ0) is 5.82. The van der Waals surface area contributed by atoms with Crippen molar-refractivity contribution in [1.29, 1.82) is 0 Å². The maximum atomic E-state index is 8.37. The highest BCUT2D eigenvalue weighted by molar-refractivity contribution is 8.00. The Balaban J connectivity index is 1.86. The lowest BCUT2D eigenvalue weighted by molar-refractivity contribution is 0.287. The molecule has 1 aliphatic rings. The van der Waals surface area contributed by atoms with Gasteiger partial charge in [-0.2, -0.15) is 11.8 Å². The number of rotatable bonds is 3. The van der Waals surface area contributed by atoms with Crippen LogP contribution in [0.5, 0.6) is 0 Å². The molecule has 0 radical (unpaired) electrons. The minimum atomic E-state index is 0.265. The molecule has 0 aromatic heterocycles. The van der Waals surface area contributed by atoms with Crippen molar-refractivity contribution in [2.24, 2.45) is 0 Å². The Morgan fingerprint density at radius 2 is 2.38 bits per heavy atom. The Morgan fingerprint density at radius 1 is 1.62 bits per heavy atom. The summed E-state index contributed by atoms with van der Waals surface area (Å²) < 4.78 is 0. The first-order valence-corrected chi connectivity index (χ1v) is 4.01. The quantitative estimate of drug-likeness (QED) is 0.553. The fraction of sp³-hybridized carbons (Fsp3) is 1.00. The third kappa shape index (κ3) is 1.65. The van der Waals surface area contributed by atoms with Crippen LogP contribution < -0.4 is 5.32 Å². The first-order valence-electron chi connectivity index (χ1n) is 2.85. The van der Waals surface area contributed by atoms with Crippen molar-refractivity contribution in [2.45, 2.75) is 6.04 Å². The van der Waals surface area contributed by atoms with Gasteiger partial charge in [0.05, 0.1) is 6.61 Å². The van der Waals surface area contributed by atoms with Gasteiger partial charge in [0.15, 0.2) is 0 Å². The van der Waals surface area contributed by atoms with E-state index in [0.717, 1.165) is 6.54 Å². The van der Waals surface area contributed by atoms with Crippen LogP contribution in [0.15, 0.2) is 0 Å². The number of hydrogen-bond donors (Lipinski definition) is 2. The zero-order valence-electron chi connectivity index (χ0n) is 4.76. The van der Waals surface area contributed by atoms with E-state index in [9.17, 15) is 0 Å². The van der Waals surface area contributed by atoms with Gasteiger partial charge in [-0.25, -0.2) is 0 Å². The molecule has 0 unspecified atom stereocenters. The van der Waals surface area contributed by atoms with Crippen LogP contribution in [0.1, 0.15) is 0 Å². The van der Waals surface area contributed by atoms with Crippen LogP contribution in [0, 0.1) is 0 Å². The number of aliphatic hydroxyl groups excluding tert-OH is 1. The van der Waals surface area contributed by atoms with E-state index in [1.807, 2.05) is 11.8 Å². The molecule has 3 heteroatoms.